The molecule has 122 valence electrons. The summed E-state index contributed by atoms with van der Waals surface area (Å²) in [7, 11) is -1.80. The smallest absolute Gasteiger partial charge is 0.326 e. The van der Waals surface area contributed by atoms with Crippen molar-refractivity contribution in [1.29, 1.82) is 0 Å². The minimum atomic E-state index is -3.29. The highest BCUT2D eigenvalue weighted by molar-refractivity contribution is 7.91. The van der Waals surface area contributed by atoms with Crippen LogP contribution in [0.2, 0.25) is 0 Å². The lowest BCUT2D eigenvalue weighted by Gasteiger charge is -2.14. The number of rotatable bonds is 8. The maximum atomic E-state index is 12.0. The number of hydrogen-bond acceptors (Lipinski definition) is 5. The zero-order valence-electron chi connectivity index (χ0n) is 12.4. The van der Waals surface area contributed by atoms with Gasteiger partial charge in [-0.25, -0.2) is 13.2 Å². The fourth-order valence-corrected chi connectivity index (χ4v) is 2.57. The van der Waals surface area contributed by atoms with E-state index in [0.29, 0.717) is 5.75 Å². The number of hydrogen-bond donors (Lipinski definition) is 2. The van der Waals surface area contributed by atoms with Crippen molar-refractivity contribution in [3.63, 3.8) is 0 Å². The molecule has 0 heterocycles. The minimum Gasteiger partial charge on any atom is -0.497 e. The Morgan fingerprint density at radius 3 is 2.32 bits per heavy atom. The number of benzene rings is 1. The van der Waals surface area contributed by atoms with Crippen LogP contribution in [0.15, 0.2) is 24.3 Å². The zero-order valence-corrected chi connectivity index (χ0v) is 13.2. The summed E-state index contributed by atoms with van der Waals surface area (Å²) in [6.07, 6.45) is -0.173. The number of carboxylic acids is 1. The first-order valence-electron chi connectivity index (χ1n) is 6.67. The van der Waals surface area contributed by atoms with E-state index in [-0.39, 0.29) is 23.5 Å². The molecule has 1 aromatic carbocycles. The molecule has 0 aliphatic heterocycles. The molecule has 1 amide bonds. The van der Waals surface area contributed by atoms with E-state index < -0.39 is 27.8 Å². The van der Waals surface area contributed by atoms with Crippen LogP contribution in [0.1, 0.15) is 23.7 Å². The van der Waals surface area contributed by atoms with Gasteiger partial charge in [-0.1, -0.05) is 6.92 Å². The fourth-order valence-electron chi connectivity index (χ4n) is 1.68. The first-order chi connectivity index (χ1) is 10.3. The summed E-state index contributed by atoms with van der Waals surface area (Å²) in [6, 6.07) is 4.89. The largest absolute Gasteiger partial charge is 0.497 e. The number of carbonyl (C=O) groups excluding carboxylic acids is 1. The molecule has 22 heavy (non-hydrogen) atoms. The summed E-state index contributed by atoms with van der Waals surface area (Å²) < 4.78 is 27.8. The molecule has 0 aromatic heterocycles. The van der Waals surface area contributed by atoms with E-state index in [9.17, 15) is 18.0 Å². The highest BCUT2D eigenvalue weighted by Gasteiger charge is 2.23. The highest BCUT2D eigenvalue weighted by Crippen LogP contribution is 2.11. The van der Waals surface area contributed by atoms with E-state index in [1.54, 1.807) is 12.1 Å². The van der Waals surface area contributed by atoms with Crippen LogP contribution in [0.3, 0.4) is 0 Å². The van der Waals surface area contributed by atoms with E-state index >= 15 is 0 Å². The number of sulfone groups is 1. The molecule has 0 saturated heterocycles. The van der Waals surface area contributed by atoms with Gasteiger partial charge in [0.05, 0.1) is 12.9 Å². The molecule has 0 radical (unpaired) electrons. The Balaban J connectivity index is 2.73. The lowest BCUT2D eigenvalue weighted by Crippen LogP contribution is -2.42. The molecule has 0 aliphatic carbocycles. The Labute approximate surface area is 129 Å². The van der Waals surface area contributed by atoms with Crippen LogP contribution in [-0.4, -0.2) is 50.1 Å². The predicted molar refractivity (Wildman–Crippen MR) is 80.8 cm³/mol. The first-order valence-corrected chi connectivity index (χ1v) is 8.49. The van der Waals surface area contributed by atoms with E-state index in [2.05, 4.69) is 5.32 Å². The summed E-state index contributed by atoms with van der Waals surface area (Å²) in [5.41, 5.74) is 0.269. The average molecular weight is 329 g/mol. The van der Waals surface area contributed by atoms with Gasteiger partial charge in [-0.15, -0.1) is 0 Å². The third kappa shape index (κ3) is 5.36. The van der Waals surface area contributed by atoms with Crippen LogP contribution < -0.4 is 10.1 Å². The summed E-state index contributed by atoms with van der Waals surface area (Å²) in [4.78, 5) is 23.1. The molecule has 0 bridgehead atoms. The summed E-state index contributed by atoms with van der Waals surface area (Å²) >= 11 is 0. The Morgan fingerprint density at radius 2 is 1.86 bits per heavy atom. The van der Waals surface area contributed by atoms with Crippen LogP contribution in [0.4, 0.5) is 0 Å². The van der Waals surface area contributed by atoms with Crippen LogP contribution in [0.5, 0.6) is 5.75 Å². The second kappa shape index (κ2) is 7.79. The first kappa shape index (κ1) is 18.0. The second-order valence-electron chi connectivity index (χ2n) is 4.62. The van der Waals surface area contributed by atoms with Gasteiger partial charge in [-0.2, -0.15) is 0 Å². The Bertz CT molecular complexity index is 623. The summed E-state index contributed by atoms with van der Waals surface area (Å²) in [5, 5.41) is 11.4. The average Bonchev–Trinajstić information content (AvgIpc) is 2.51. The van der Waals surface area contributed by atoms with Gasteiger partial charge in [0.25, 0.3) is 5.91 Å². The molecule has 0 aliphatic rings. The normalized spacial score (nSPS) is 12.5. The molecule has 1 atom stereocenters. The van der Waals surface area contributed by atoms with Gasteiger partial charge in [-0.3, -0.25) is 4.79 Å². The quantitative estimate of drug-likeness (QED) is 0.726. The third-order valence-electron chi connectivity index (χ3n) is 3.11. The molecule has 1 unspecified atom stereocenters. The molecular formula is C14H19NO6S. The molecule has 0 spiro atoms. The summed E-state index contributed by atoms with van der Waals surface area (Å²) in [6.45, 7) is 1.49. The molecule has 8 heteroatoms. The number of aliphatic carboxylic acids is 1. The van der Waals surface area contributed by atoms with Crippen LogP contribution >= 0.6 is 0 Å². The lowest BCUT2D eigenvalue weighted by molar-refractivity contribution is -0.139. The van der Waals surface area contributed by atoms with Crippen molar-refractivity contribution in [2.75, 3.05) is 18.6 Å². The Kier molecular flexibility index (Phi) is 6.36. The number of methoxy groups -OCH3 is 1. The second-order valence-corrected chi connectivity index (χ2v) is 7.09. The van der Waals surface area contributed by atoms with Crippen molar-refractivity contribution in [2.24, 2.45) is 0 Å². The third-order valence-corrected chi connectivity index (χ3v) is 4.85. The summed E-state index contributed by atoms with van der Waals surface area (Å²) in [5.74, 6) is -1.63. The fraction of sp³-hybridized carbons (Fsp3) is 0.429. The van der Waals surface area contributed by atoms with Gasteiger partial charge in [-0.05, 0) is 30.7 Å². The van der Waals surface area contributed by atoms with Gasteiger partial charge < -0.3 is 15.2 Å². The number of amides is 1. The molecular weight excluding hydrogens is 310 g/mol. The van der Waals surface area contributed by atoms with Crippen LogP contribution in [-0.2, 0) is 14.6 Å². The predicted octanol–water partition coefficient (Wildman–Crippen LogP) is 0.703. The lowest BCUT2D eigenvalue weighted by atomic mass is 10.1. The number of nitrogens with one attached hydrogen (secondary N) is 1. The Hall–Kier alpha value is -2.09. The molecule has 2 N–H and O–H groups in total. The number of ether oxygens (including phenoxy) is 1. The van der Waals surface area contributed by atoms with Crippen LogP contribution in [0.25, 0.3) is 0 Å². The minimum absolute atomic E-state index is 0.0637. The van der Waals surface area contributed by atoms with E-state index in [1.807, 2.05) is 0 Å². The van der Waals surface area contributed by atoms with E-state index in [4.69, 9.17) is 9.84 Å². The van der Waals surface area contributed by atoms with Gasteiger partial charge in [0.2, 0.25) is 0 Å². The van der Waals surface area contributed by atoms with Gasteiger partial charge in [0, 0.05) is 11.3 Å². The molecule has 0 fully saturated rings. The Morgan fingerprint density at radius 1 is 1.27 bits per heavy atom. The van der Waals surface area contributed by atoms with Gasteiger partial charge in [0.1, 0.15) is 21.6 Å². The SMILES string of the molecule is CCS(=O)(=O)CCC(NC(=O)c1ccc(OC)cc1)C(=O)O. The number of carbonyl (C=O) groups is 2. The zero-order chi connectivity index (χ0) is 16.8. The van der Waals surface area contributed by atoms with Crippen molar-refractivity contribution in [1.82, 2.24) is 5.32 Å². The maximum absolute atomic E-state index is 12.0. The molecule has 1 rings (SSSR count). The molecule has 1 aromatic rings. The van der Waals surface area contributed by atoms with Crippen molar-refractivity contribution in [3.8, 4) is 5.75 Å². The monoisotopic (exact) mass is 329 g/mol. The van der Waals surface area contributed by atoms with Crippen molar-refractivity contribution in [2.45, 2.75) is 19.4 Å². The van der Waals surface area contributed by atoms with Gasteiger partial charge in [0.15, 0.2) is 0 Å². The maximum Gasteiger partial charge on any atom is 0.326 e. The van der Waals surface area contributed by atoms with Crippen molar-refractivity contribution < 1.29 is 27.9 Å². The van der Waals surface area contributed by atoms with Crippen molar-refractivity contribution in [3.05, 3.63) is 29.8 Å². The number of carboxylic acid groups (broad SMARTS) is 1. The molecule has 7 nitrogen and oxygen atoms in total. The molecule has 0 saturated carbocycles. The topological polar surface area (TPSA) is 110 Å². The highest BCUT2D eigenvalue weighted by atomic mass is 32.2. The van der Waals surface area contributed by atoms with E-state index in [0.717, 1.165) is 0 Å². The van der Waals surface area contributed by atoms with Gasteiger partial charge >= 0.3 is 5.97 Å². The standard InChI is InChI=1S/C14H19NO6S/c1-3-22(19,20)9-8-12(14(17)18)15-13(16)10-4-6-11(21-2)7-5-10/h4-7,12H,3,8-9H2,1-2H3,(H,15,16)(H,17,18). The van der Waals surface area contributed by atoms with Crippen molar-refractivity contribution >= 4 is 21.7 Å². The van der Waals surface area contributed by atoms with Crippen LogP contribution in [0, 0.1) is 0 Å². The van der Waals surface area contributed by atoms with E-state index in [1.165, 1.54) is 26.2 Å².